The highest BCUT2D eigenvalue weighted by atomic mass is 16.5. The van der Waals surface area contributed by atoms with E-state index in [-0.39, 0.29) is 6.10 Å². The Hall–Kier alpha value is -1.07. The van der Waals surface area contributed by atoms with Gasteiger partial charge in [-0.2, -0.15) is 4.98 Å². The molecular formula is C11H21N3O2. The van der Waals surface area contributed by atoms with Crippen molar-refractivity contribution in [2.24, 2.45) is 0 Å². The van der Waals surface area contributed by atoms with E-state index < -0.39 is 0 Å². The predicted octanol–water partition coefficient (Wildman–Crippen LogP) is 1.62. The lowest BCUT2D eigenvalue weighted by Crippen LogP contribution is -2.18. The van der Waals surface area contributed by atoms with Crippen LogP contribution >= 0.6 is 0 Å². The van der Waals surface area contributed by atoms with E-state index in [2.05, 4.69) is 22.5 Å². The Bertz CT molecular complexity index is 289. The molecule has 1 unspecified atom stereocenters. The molecule has 1 heterocycles. The van der Waals surface area contributed by atoms with Gasteiger partial charge in [-0.25, -0.2) is 0 Å². The summed E-state index contributed by atoms with van der Waals surface area (Å²) in [5.74, 6) is 0. The van der Waals surface area contributed by atoms with Crippen LogP contribution in [-0.2, 0) is 11.3 Å². The minimum absolute atomic E-state index is 0.147. The minimum Gasteiger partial charge on any atom is -0.432 e. The van der Waals surface area contributed by atoms with E-state index in [9.17, 15) is 0 Å². The lowest BCUT2D eigenvalue weighted by molar-refractivity contribution is 0.128. The van der Waals surface area contributed by atoms with Crippen LogP contribution in [0.15, 0.2) is 10.7 Å². The van der Waals surface area contributed by atoms with Crippen molar-refractivity contribution in [2.75, 3.05) is 25.5 Å². The van der Waals surface area contributed by atoms with Crippen molar-refractivity contribution in [1.82, 2.24) is 10.3 Å². The lowest BCUT2D eigenvalue weighted by atomic mass is 10.4. The van der Waals surface area contributed by atoms with Gasteiger partial charge in [-0.1, -0.05) is 6.92 Å². The first kappa shape index (κ1) is 13.0. The quantitative estimate of drug-likeness (QED) is 0.661. The van der Waals surface area contributed by atoms with Crippen LogP contribution in [0.25, 0.3) is 0 Å². The first-order valence-electron chi connectivity index (χ1n) is 5.68. The van der Waals surface area contributed by atoms with Crippen LogP contribution in [0.3, 0.4) is 0 Å². The van der Waals surface area contributed by atoms with E-state index in [1.54, 1.807) is 13.4 Å². The molecule has 5 nitrogen and oxygen atoms in total. The Kier molecular flexibility index (Phi) is 5.88. The first-order chi connectivity index (χ1) is 7.76. The van der Waals surface area contributed by atoms with Crippen LogP contribution in [0.4, 0.5) is 6.01 Å². The number of rotatable bonds is 8. The van der Waals surface area contributed by atoms with Crippen LogP contribution < -0.4 is 10.6 Å². The van der Waals surface area contributed by atoms with Gasteiger partial charge >= 0.3 is 0 Å². The molecule has 1 rings (SSSR count). The van der Waals surface area contributed by atoms with E-state index in [1.807, 2.05) is 6.92 Å². The number of hydrogen-bond acceptors (Lipinski definition) is 5. The fourth-order valence-corrected chi connectivity index (χ4v) is 1.18. The topological polar surface area (TPSA) is 59.3 Å². The van der Waals surface area contributed by atoms with Crippen LogP contribution in [0.5, 0.6) is 0 Å². The van der Waals surface area contributed by atoms with Crippen molar-refractivity contribution in [1.29, 1.82) is 0 Å². The molecule has 0 radical (unpaired) electrons. The average Bonchev–Trinajstić information content (AvgIpc) is 2.74. The standard InChI is InChI=1S/C11H21N3O2/c1-4-5-12-7-10-8-16-11(14-10)13-6-9(2)15-3/h8-9,12H,4-7H2,1-3H3,(H,13,14). The van der Waals surface area contributed by atoms with Gasteiger partial charge in [-0.3, -0.25) is 0 Å². The average molecular weight is 227 g/mol. The zero-order valence-electron chi connectivity index (χ0n) is 10.2. The molecule has 1 aromatic rings. The molecule has 0 fully saturated rings. The third kappa shape index (κ3) is 4.63. The Labute approximate surface area is 96.6 Å². The SMILES string of the molecule is CCCNCc1coc(NCC(C)OC)n1. The van der Waals surface area contributed by atoms with Gasteiger partial charge in [0.05, 0.1) is 11.8 Å². The number of ether oxygens (including phenoxy) is 1. The highest BCUT2D eigenvalue weighted by molar-refractivity contribution is 5.21. The van der Waals surface area contributed by atoms with E-state index in [4.69, 9.17) is 9.15 Å². The predicted molar refractivity (Wildman–Crippen MR) is 63.5 cm³/mol. The van der Waals surface area contributed by atoms with E-state index in [0.717, 1.165) is 25.2 Å². The largest absolute Gasteiger partial charge is 0.432 e. The number of nitrogens with zero attached hydrogens (tertiary/aromatic N) is 1. The first-order valence-corrected chi connectivity index (χ1v) is 5.68. The molecular weight excluding hydrogens is 206 g/mol. The number of methoxy groups -OCH3 is 1. The van der Waals surface area contributed by atoms with E-state index >= 15 is 0 Å². The monoisotopic (exact) mass is 227 g/mol. The van der Waals surface area contributed by atoms with Gasteiger partial charge in [-0.15, -0.1) is 0 Å². The summed E-state index contributed by atoms with van der Waals surface area (Å²) in [6.07, 6.45) is 2.94. The summed E-state index contributed by atoms with van der Waals surface area (Å²) in [5, 5.41) is 6.34. The summed E-state index contributed by atoms with van der Waals surface area (Å²) < 4.78 is 10.4. The Morgan fingerprint density at radius 1 is 1.56 bits per heavy atom. The van der Waals surface area contributed by atoms with Crippen LogP contribution in [0.1, 0.15) is 26.0 Å². The molecule has 0 saturated heterocycles. The Morgan fingerprint density at radius 2 is 2.38 bits per heavy atom. The second-order valence-electron chi connectivity index (χ2n) is 3.75. The van der Waals surface area contributed by atoms with E-state index in [1.165, 1.54) is 0 Å². The summed E-state index contributed by atoms with van der Waals surface area (Å²) in [4.78, 5) is 4.29. The molecule has 92 valence electrons. The van der Waals surface area contributed by atoms with Gasteiger partial charge in [0.15, 0.2) is 0 Å². The van der Waals surface area contributed by atoms with Crippen LogP contribution in [-0.4, -0.2) is 31.3 Å². The molecule has 0 amide bonds. The number of nitrogens with one attached hydrogen (secondary N) is 2. The summed E-state index contributed by atoms with van der Waals surface area (Å²) in [6, 6.07) is 0.553. The van der Waals surface area contributed by atoms with Crippen LogP contribution in [0.2, 0.25) is 0 Å². The third-order valence-electron chi connectivity index (χ3n) is 2.23. The molecule has 2 N–H and O–H groups in total. The van der Waals surface area contributed by atoms with Gasteiger partial charge in [0.25, 0.3) is 6.01 Å². The number of aromatic nitrogens is 1. The third-order valence-corrected chi connectivity index (χ3v) is 2.23. The summed E-state index contributed by atoms with van der Waals surface area (Å²) in [7, 11) is 1.68. The molecule has 16 heavy (non-hydrogen) atoms. The summed E-state index contributed by atoms with van der Waals surface area (Å²) in [6.45, 7) is 6.56. The van der Waals surface area contributed by atoms with Crippen LogP contribution in [0, 0.1) is 0 Å². The number of hydrogen-bond donors (Lipinski definition) is 2. The Morgan fingerprint density at radius 3 is 3.06 bits per heavy atom. The normalized spacial score (nSPS) is 12.7. The fraction of sp³-hybridized carbons (Fsp3) is 0.727. The Balaban J connectivity index is 2.28. The van der Waals surface area contributed by atoms with Crippen molar-refractivity contribution >= 4 is 6.01 Å². The second-order valence-corrected chi connectivity index (χ2v) is 3.75. The fourth-order valence-electron chi connectivity index (χ4n) is 1.18. The van der Waals surface area contributed by atoms with Crippen molar-refractivity contribution in [2.45, 2.75) is 32.9 Å². The highest BCUT2D eigenvalue weighted by Gasteiger charge is 2.04. The van der Waals surface area contributed by atoms with Crippen molar-refractivity contribution in [3.05, 3.63) is 12.0 Å². The molecule has 0 bridgehead atoms. The van der Waals surface area contributed by atoms with Gasteiger partial charge in [-0.05, 0) is 19.9 Å². The highest BCUT2D eigenvalue weighted by Crippen LogP contribution is 2.07. The smallest absolute Gasteiger partial charge is 0.294 e. The maximum absolute atomic E-state index is 5.27. The van der Waals surface area contributed by atoms with Gasteiger partial charge in [0, 0.05) is 20.2 Å². The molecule has 0 aromatic carbocycles. The summed E-state index contributed by atoms with van der Waals surface area (Å²) >= 11 is 0. The molecule has 1 atom stereocenters. The molecule has 0 aliphatic rings. The second kappa shape index (κ2) is 7.24. The minimum atomic E-state index is 0.147. The molecule has 0 aliphatic heterocycles. The maximum atomic E-state index is 5.27. The summed E-state index contributed by atoms with van der Waals surface area (Å²) in [5.41, 5.74) is 0.918. The van der Waals surface area contributed by atoms with Crippen molar-refractivity contribution in [3.8, 4) is 0 Å². The number of anilines is 1. The zero-order chi connectivity index (χ0) is 11.8. The molecule has 0 saturated carbocycles. The lowest BCUT2D eigenvalue weighted by Gasteiger charge is -2.08. The molecule has 0 aliphatic carbocycles. The molecule has 5 heteroatoms. The molecule has 0 spiro atoms. The van der Waals surface area contributed by atoms with Gasteiger partial charge < -0.3 is 19.8 Å². The van der Waals surface area contributed by atoms with Gasteiger partial charge in [0.2, 0.25) is 0 Å². The maximum Gasteiger partial charge on any atom is 0.294 e. The van der Waals surface area contributed by atoms with Crippen molar-refractivity contribution in [3.63, 3.8) is 0 Å². The molecule has 1 aromatic heterocycles. The van der Waals surface area contributed by atoms with Gasteiger partial charge in [0.1, 0.15) is 6.26 Å². The number of oxazole rings is 1. The van der Waals surface area contributed by atoms with Crippen molar-refractivity contribution < 1.29 is 9.15 Å². The zero-order valence-corrected chi connectivity index (χ0v) is 10.2. The van der Waals surface area contributed by atoms with E-state index in [0.29, 0.717) is 12.6 Å².